The summed E-state index contributed by atoms with van der Waals surface area (Å²) >= 11 is 0. The molecule has 1 fully saturated rings. The maximum absolute atomic E-state index is 14.2. The fourth-order valence-electron chi connectivity index (χ4n) is 4.58. The summed E-state index contributed by atoms with van der Waals surface area (Å²) in [6.07, 6.45) is 0.997. The standard InChI is InChI=1S/C27H27F3N2O4S/c1-18(19-3-5-20(6-4-19)24-12-11-23(29)17-25(24)30)32-16-14-27(36-26(32)33,13-15-31-37(2,34)35)21-7-9-22(28)10-8-21/h3-12,17-18,31H,13-16H2,1-2H3/t18-,27+/m0/s1. The zero-order chi connectivity index (χ0) is 26.8. The maximum atomic E-state index is 14.2. The molecule has 0 saturated carbocycles. The fraction of sp³-hybridized carbons (Fsp3) is 0.296. The van der Waals surface area contributed by atoms with E-state index in [0.717, 1.165) is 17.9 Å². The van der Waals surface area contributed by atoms with E-state index < -0.39 is 39.2 Å². The van der Waals surface area contributed by atoms with Crippen molar-refractivity contribution in [1.82, 2.24) is 9.62 Å². The Morgan fingerprint density at radius 2 is 1.65 bits per heavy atom. The van der Waals surface area contributed by atoms with E-state index in [0.29, 0.717) is 24.1 Å². The molecule has 3 aromatic carbocycles. The molecule has 0 aliphatic carbocycles. The lowest BCUT2D eigenvalue weighted by Gasteiger charge is -2.43. The topological polar surface area (TPSA) is 75.7 Å². The molecule has 0 unspecified atom stereocenters. The Labute approximate surface area is 214 Å². The van der Waals surface area contributed by atoms with Crippen LogP contribution in [0.2, 0.25) is 0 Å². The van der Waals surface area contributed by atoms with Gasteiger partial charge in [-0.1, -0.05) is 36.4 Å². The number of ether oxygens (including phenoxy) is 1. The summed E-state index contributed by atoms with van der Waals surface area (Å²) in [4.78, 5) is 14.8. The van der Waals surface area contributed by atoms with Crippen molar-refractivity contribution in [2.45, 2.75) is 31.4 Å². The number of amides is 1. The lowest BCUT2D eigenvalue weighted by molar-refractivity contribution is -0.0644. The molecule has 6 nitrogen and oxygen atoms in total. The van der Waals surface area contributed by atoms with Crippen molar-refractivity contribution >= 4 is 16.1 Å². The Morgan fingerprint density at radius 1 is 1.00 bits per heavy atom. The first kappa shape index (κ1) is 26.7. The number of rotatable bonds is 8. The molecule has 1 saturated heterocycles. The van der Waals surface area contributed by atoms with Gasteiger partial charge in [0.25, 0.3) is 0 Å². The third kappa shape index (κ3) is 6.14. The number of carbonyl (C=O) groups excluding carboxylic acids is 1. The van der Waals surface area contributed by atoms with Crippen molar-refractivity contribution < 1.29 is 31.1 Å². The molecule has 196 valence electrons. The number of sulfonamides is 1. The van der Waals surface area contributed by atoms with Crippen LogP contribution in [0.4, 0.5) is 18.0 Å². The summed E-state index contributed by atoms with van der Waals surface area (Å²) in [5.41, 5.74) is 1.09. The Bertz CT molecular complexity index is 1380. The quantitative estimate of drug-likeness (QED) is 0.415. The molecule has 1 amide bonds. The highest BCUT2D eigenvalue weighted by Gasteiger charge is 2.43. The lowest BCUT2D eigenvalue weighted by Crippen LogP contribution is -2.49. The molecular weight excluding hydrogens is 505 g/mol. The minimum Gasteiger partial charge on any atom is -0.438 e. The van der Waals surface area contributed by atoms with Crippen LogP contribution in [0.5, 0.6) is 0 Å². The third-order valence-corrected chi connectivity index (χ3v) is 7.37. The highest BCUT2D eigenvalue weighted by atomic mass is 32.2. The second kappa shape index (κ2) is 10.5. The molecule has 1 aliphatic rings. The van der Waals surface area contributed by atoms with Gasteiger partial charge >= 0.3 is 6.09 Å². The summed E-state index contributed by atoms with van der Waals surface area (Å²) in [5.74, 6) is -1.75. The summed E-state index contributed by atoms with van der Waals surface area (Å²) in [6, 6.07) is 15.6. The van der Waals surface area contributed by atoms with Gasteiger partial charge in [0.2, 0.25) is 10.0 Å². The monoisotopic (exact) mass is 532 g/mol. The predicted octanol–water partition coefficient (Wildman–Crippen LogP) is 5.51. The molecule has 1 heterocycles. The van der Waals surface area contributed by atoms with Crippen LogP contribution in [0.1, 0.15) is 36.9 Å². The van der Waals surface area contributed by atoms with Crippen LogP contribution < -0.4 is 4.72 Å². The predicted molar refractivity (Wildman–Crippen MR) is 134 cm³/mol. The van der Waals surface area contributed by atoms with Crippen LogP contribution in [0.25, 0.3) is 11.1 Å². The number of nitrogens with one attached hydrogen (secondary N) is 1. The number of benzene rings is 3. The van der Waals surface area contributed by atoms with Gasteiger partial charge in [-0.15, -0.1) is 0 Å². The van der Waals surface area contributed by atoms with E-state index >= 15 is 0 Å². The third-order valence-electron chi connectivity index (χ3n) is 6.64. The molecule has 1 aliphatic heterocycles. The van der Waals surface area contributed by atoms with E-state index in [4.69, 9.17) is 4.74 Å². The zero-order valence-corrected chi connectivity index (χ0v) is 21.2. The minimum absolute atomic E-state index is 0.0421. The number of cyclic esters (lactones) is 1. The SMILES string of the molecule is C[C@@H](c1ccc(-c2ccc(F)cc2F)cc1)N1CC[C@](CCNS(C)(=O)=O)(c2ccc(F)cc2)OC1=O. The molecule has 2 atom stereocenters. The Balaban J connectivity index is 1.52. The molecule has 0 aromatic heterocycles. The van der Waals surface area contributed by atoms with Crippen LogP contribution in [0, 0.1) is 17.5 Å². The minimum atomic E-state index is -3.45. The van der Waals surface area contributed by atoms with Gasteiger partial charge in [-0.2, -0.15) is 0 Å². The molecule has 10 heteroatoms. The normalized spacial score (nSPS) is 18.9. The summed E-state index contributed by atoms with van der Waals surface area (Å²) in [7, 11) is -3.45. The highest BCUT2D eigenvalue weighted by molar-refractivity contribution is 7.88. The second-order valence-electron chi connectivity index (χ2n) is 9.15. The second-order valence-corrected chi connectivity index (χ2v) is 11.0. The molecule has 0 bridgehead atoms. The maximum Gasteiger partial charge on any atom is 0.411 e. The van der Waals surface area contributed by atoms with Gasteiger partial charge in [-0.3, -0.25) is 0 Å². The number of hydrogen-bond donors (Lipinski definition) is 1. The van der Waals surface area contributed by atoms with Gasteiger partial charge in [-0.25, -0.2) is 31.1 Å². The van der Waals surface area contributed by atoms with Crippen LogP contribution in [-0.4, -0.2) is 38.8 Å². The Hall–Kier alpha value is -3.37. The number of hydrogen-bond acceptors (Lipinski definition) is 4. The first-order chi connectivity index (χ1) is 17.5. The molecule has 1 N–H and O–H groups in total. The van der Waals surface area contributed by atoms with Gasteiger partial charge in [0.15, 0.2) is 0 Å². The van der Waals surface area contributed by atoms with Crippen molar-refractivity contribution in [3.8, 4) is 11.1 Å². The molecule has 0 spiro atoms. The van der Waals surface area contributed by atoms with Gasteiger partial charge in [0, 0.05) is 37.6 Å². The van der Waals surface area contributed by atoms with Gasteiger partial charge in [0.1, 0.15) is 23.1 Å². The average molecular weight is 533 g/mol. The first-order valence-electron chi connectivity index (χ1n) is 11.7. The van der Waals surface area contributed by atoms with E-state index in [1.807, 2.05) is 6.92 Å². The zero-order valence-electron chi connectivity index (χ0n) is 20.4. The number of nitrogens with zero attached hydrogens (tertiary/aromatic N) is 1. The van der Waals surface area contributed by atoms with E-state index in [1.165, 1.54) is 36.4 Å². The Kier molecular flexibility index (Phi) is 7.61. The van der Waals surface area contributed by atoms with E-state index in [9.17, 15) is 26.4 Å². The van der Waals surface area contributed by atoms with Crippen molar-refractivity contribution in [2.24, 2.45) is 0 Å². The van der Waals surface area contributed by atoms with E-state index in [1.54, 1.807) is 29.2 Å². The van der Waals surface area contributed by atoms with E-state index in [2.05, 4.69) is 4.72 Å². The van der Waals surface area contributed by atoms with Crippen molar-refractivity contribution in [3.05, 3.63) is 95.3 Å². The number of halogens is 3. The number of carbonyl (C=O) groups is 1. The van der Waals surface area contributed by atoms with Gasteiger partial charge in [-0.05, 0) is 47.9 Å². The molecule has 3 aromatic rings. The van der Waals surface area contributed by atoms with E-state index in [-0.39, 0.29) is 24.6 Å². The van der Waals surface area contributed by atoms with Crippen LogP contribution in [-0.2, 0) is 20.4 Å². The summed E-state index contributed by atoms with van der Waals surface area (Å²) in [6.45, 7) is 2.19. The molecule has 0 radical (unpaired) electrons. The fourth-order valence-corrected chi connectivity index (χ4v) is 5.05. The summed E-state index contributed by atoms with van der Waals surface area (Å²) in [5, 5.41) is 0. The molecule has 37 heavy (non-hydrogen) atoms. The lowest BCUT2D eigenvalue weighted by atomic mass is 9.85. The highest BCUT2D eigenvalue weighted by Crippen LogP contribution is 2.39. The summed E-state index contributed by atoms with van der Waals surface area (Å²) < 4.78 is 72.4. The van der Waals surface area contributed by atoms with Crippen LogP contribution in [0.3, 0.4) is 0 Å². The van der Waals surface area contributed by atoms with Gasteiger partial charge in [0.05, 0.1) is 12.3 Å². The average Bonchev–Trinajstić information content (AvgIpc) is 2.83. The van der Waals surface area contributed by atoms with Crippen molar-refractivity contribution in [1.29, 1.82) is 0 Å². The first-order valence-corrected chi connectivity index (χ1v) is 13.6. The Morgan fingerprint density at radius 3 is 2.24 bits per heavy atom. The molecular formula is C27H27F3N2O4S. The smallest absolute Gasteiger partial charge is 0.411 e. The largest absolute Gasteiger partial charge is 0.438 e. The molecule has 4 rings (SSSR count). The van der Waals surface area contributed by atoms with Crippen molar-refractivity contribution in [3.63, 3.8) is 0 Å². The van der Waals surface area contributed by atoms with Crippen LogP contribution >= 0.6 is 0 Å². The van der Waals surface area contributed by atoms with Crippen molar-refractivity contribution in [2.75, 3.05) is 19.3 Å². The van der Waals surface area contributed by atoms with Crippen LogP contribution in [0.15, 0.2) is 66.7 Å². The van der Waals surface area contributed by atoms with Gasteiger partial charge < -0.3 is 9.64 Å².